The predicted molar refractivity (Wildman–Crippen MR) is 79.9 cm³/mol. The van der Waals surface area contributed by atoms with E-state index in [9.17, 15) is 0 Å². The summed E-state index contributed by atoms with van der Waals surface area (Å²) in [7, 11) is 1.68. The number of nitrogens with zero attached hydrogens (tertiary/aromatic N) is 2. The van der Waals surface area contributed by atoms with Crippen LogP contribution in [0.15, 0.2) is 36.7 Å². The quantitative estimate of drug-likeness (QED) is 0.877. The van der Waals surface area contributed by atoms with E-state index in [1.807, 2.05) is 31.3 Å². The standard InChI is InChI=1S/C16H21N3O/c1-4-8-17-16(15-11-18-12(2)10-19-15)13-6-5-7-14(9-13)20-3/h5-7,9-11,16-17H,4,8H2,1-3H3. The number of aryl methyl sites for hydroxylation is 1. The van der Waals surface area contributed by atoms with Gasteiger partial charge >= 0.3 is 0 Å². The van der Waals surface area contributed by atoms with Crippen LogP contribution in [0.4, 0.5) is 0 Å². The van der Waals surface area contributed by atoms with Crippen LogP contribution in [-0.4, -0.2) is 23.6 Å². The molecule has 0 aliphatic heterocycles. The van der Waals surface area contributed by atoms with Gasteiger partial charge in [0.15, 0.2) is 0 Å². The number of nitrogens with one attached hydrogen (secondary N) is 1. The van der Waals surface area contributed by atoms with Crippen LogP contribution in [0.1, 0.15) is 36.3 Å². The molecule has 2 aromatic rings. The van der Waals surface area contributed by atoms with Gasteiger partial charge in [-0.3, -0.25) is 9.97 Å². The molecular weight excluding hydrogens is 250 g/mol. The first kappa shape index (κ1) is 14.5. The average molecular weight is 271 g/mol. The number of rotatable bonds is 6. The van der Waals surface area contributed by atoms with Gasteiger partial charge in [0.25, 0.3) is 0 Å². The molecule has 0 bridgehead atoms. The SMILES string of the molecule is CCCNC(c1cccc(OC)c1)c1cnc(C)cn1. The van der Waals surface area contributed by atoms with Gasteiger partial charge in [-0.25, -0.2) is 0 Å². The summed E-state index contributed by atoms with van der Waals surface area (Å²) in [6.07, 6.45) is 4.71. The molecule has 0 radical (unpaired) electrons. The lowest BCUT2D eigenvalue weighted by Gasteiger charge is -2.19. The Bertz CT molecular complexity index is 540. The lowest BCUT2D eigenvalue weighted by atomic mass is 10.0. The zero-order valence-corrected chi connectivity index (χ0v) is 12.3. The highest BCUT2D eigenvalue weighted by molar-refractivity contribution is 5.34. The second kappa shape index (κ2) is 7.01. The number of methoxy groups -OCH3 is 1. The van der Waals surface area contributed by atoms with E-state index in [1.54, 1.807) is 13.3 Å². The van der Waals surface area contributed by atoms with Gasteiger partial charge in [0, 0.05) is 6.20 Å². The third-order valence-corrected chi connectivity index (χ3v) is 3.12. The molecule has 0 saturated carbocycles. The van der Waals surface area contributed by atoms with Crippen molar-refractivity contribution in [3.63, 3.8) is 0 Å². The third kappa shape index (κ3) is 3.54. The maximum Gasteiger partial charge on any atom is 0.119 e. The van der Waals surface area contributed by atoms with Crippen LogP contribution in [0.3, 0.4) is 0 Å². The molecule has 4 nitrogen and oxygen atoms in total. The van der Waals surface area contributed by atoms with E-state index in [2.05, 4.69) is 28.3 Å². The molecule has 4 heteroatoms. The Morgan fingerprint density at radius 1 is 1.25 bits per heavy atom. The van der Waals surface area contributed by atoms with Gasteiger partial charge < -0.3 is 10.1 Å². The van der Waals surface area contributed by atoms with Crippen molar-refractivity contribution in [2.24, 2.45) is 0 Å². The summed E-state index contributed by atoms with van der Waals surface area (Å²) >= 11 is 0. The minimum atomic E-state index is 0.0400. The number of hydrogen-bond acceptors (Lipinski definition) is 4. The number of ether oxygens (including phenoxy) is 1. The van der Waals surface area contributed by atoms with E-state index < -0.39 is 0 Å². The highest BCUT2D eigenvalue weighted by Gasteiger charge is 2.15. The molecule has 20 heavy (non-hydrogen) atoms. The smallest absolute Gasteiger partial charge is 0.119 e. The zero-order chi connectivity index (χ0) is 14.4. The van der Waals surface area contributed by atoms with Crippen molar-refractivity contribution in [3.05, 3.63) is 53.6 Å². The molecule has 0 spiro atoms. The van der Waals surface area contributed by atoms with Crippen molar-refractivity contribution in [2.45, 2.75) is 26.3 Å². The summed E-state index contributed by atoms with van der Waals surface area (Å²) < 4.78 is 5.30. The fourth-order valence-electron chi connectivity index (χ4n) is 2.05. The summed E-state index contributed by atoms with van der Waals surface area (Å²) in [5.74, 6) is 0.853. The fourth-order valence-corrected chi connectivity index (χ4v) is 2.05. The largest absolute Gasteiger partial charge is 0.497 e. The van der Waals surface area contributed by atoms with E-state index in [0.29, 0.717) is 0 Å². The van der Waals surface area contributed by atoms with E-state index in [4.69, 9.17) is 4.74 Å². The highest BCUT2D eigenvalue weighted by Crippen LogP contribution is 2.23. The van der Waals surface area contributed by atoms with Crippen molar-refractivity contribution >= 4 is 0 Å². The van der Waals surface area contributed by atoms with Gasteiger partial charge in [-0.2, -0.15) is 0 Å². The first-order valence-electron chi connectivity index (χ1n) is 6.90. The Balaban J connectivity index is 2.32. The zero-order valence-electron chi connectivity index (χ0n) is 12.3. The molecule has 1 atom stereocenters. The number of hydrogen-bond donors (Lipinski definition) is 1. The van der Waals surface area contributed by atoms with Crippen LogP contribution in [0.2, 0.25) is 0 Å². The molecule has 1 heterocycles. The molecule has 1 unspecified atom stereocenters. The maximum absolute atomic E-state index is 5.30. The molecule has 0 saturated heterocycles. The highest BCUT2D eigenvalue weighted by atomic mass is 16.5. The summed E-state index contributed by atoms with van der Waals surface area (Å²) in [5, 5.41) is 3.51. The monoisotopic (exact) mass is 271 g/mol. The van der Waals surface area contributed by atoms with Crippen molar-refractivity contribution in [3.8, 4) is 5.75 Å². The van der Waals surface area contributed by atoms with Gasteiger partial charge in [0.2, 0.25) is 0 Å². The first-order valence-corrected chi connectivity index (χ1v) is 6.90. The summed E-state index contributed by atoms with van der Waals surface area (Å²) in [4.78, 5) is 8.84. The normalized spacial score (nSPS) is 12.2. The lowest BCUT2D eigenvalue weighted by Crippen LogP contribution is -2.24. The summed E-state index contributed by atoms with van der Waals surface area (Å²) in [6, 6.07) is 8.10. The van der Waals surface area contributed by atoms with Gasteiger partial charge in [-0.05, 0) is 37.6 Å². The van der Waals surface area contributed by atoms with Gasteiger partial charge in [0.1, 0.15) is 5.75 Å². The second-order valence-corrected chi connectivity index (χ2v) is 4.75. The first-order chi connectivity index (χ1) is 9.74. The Kier molecular flexibility index (Phi) is 5.07. The molecule has 0 aliphatic rings. The summed E-state index contributed by atoms with van der Waals surface area (Å²) in [6.45, 7) is 5.02. The van der Waals surface area contributed by atoms with Crippen LogP contribution in [-0.2, 0) is 0 Å². The predicted octanol–water partition coefficient (Wildman–Crippen LogP) is 2.88. The Hall–Kier alpha value is -1.94. The van der Waals surface area contributed by atoms with Gasteiger partial charge in [-0.1, -0.05) is 19.1 Å². The third-order valence-electron chi connectivity index (χ3n) is 3.12. The molecular formula is C16H21N3O. The van der Waals surface area contributed by atoms with Crippen molar-refractivity contribution in [1.29, 1.82) is 0 Å². The Morgan fingerprint density at radius 3 is 2.75 bits per heavy atom. The number of benzene rings is 1. The van der Waals surface area contributed by atoms with Crippen LogP contribution >= 0.6 is 0 Å². The van der Waals surface area contributed by atoms with E-state index in [0.717, 1.165) is 35.7 Å². The molecule has 0 amide bonds. The van der Waals surface area contributed by atoms with Crippen molar-refractivity contribution in [1.82, 2.24) is 15.3 Å². The van der Waals surface area contributed by atoms with Crippen LogP contribution in [0.25, 0.3) is 0 Å². The average Bonchev–Trinajstić information content (AvgIpc) is 2.49. The van der Waals surface area contributed by atoms with E-state index >= 15 is 0 Å². The summed E-state index contributed by atoms with van der Waals surface area (Å²) in [5.41, 5.74) is 2.99. The minimum absolute atomic E-state index is 0.0400. The second-order valence-electron chi connectivity index (χ2n) is 4.75. The molecule has 1 aromatic carbocycles. The molecule has 0 aliphatic carbocycles. The van der Waals surface area contributed by atoms with Crippen LogP contribution < -0.4 is 10.1 Å². The molecule has 1 N–H and O–H groups in total. The molecule has 2 rings (SSSR count). The van der Waals surface area contributed by atoms with Crippen molar-refractivity contribution < 1.29 is 4.74 Å². The Morgan fingerprint density at radius 2 is 2.10 bits per heavy atom. The fraction of sp³-hybridized carbons (Fsp3) is 0.375. The van der Waals surface area contributed by atoms with E-state index in [-0.39, 0.29) is 6.04 Å². The van der Waals surface area contributed by atoms with Gasteiger partial charge in [0.05, 0.1) is 30.7 Å². The lowest BCUT2D eigenvalue weighted by molar-refractivity contribution is 0.413. The van der Waals surface area contributed by atoms with Gasteiger partial charge in [-0.15, -0.1) is 0 Å². The molecule has 0 fully saturated rings. The number of aromatic nitrogens is 2. The van der Waals surface area contributed by atoms with Crippen LogP contribution in [0.5, 0.6) is 5.75 Å². The Labute approximate surface area is 120 Å². The van der Waals surface area contributed by atoms with Crippen molar-refractivity contribution in [2.75, 3.05) is 13.7 Å². The molecule has 1 aromatic heterocycles. The molecule has 106 valence electrons. The van der Waals surface area contributed by atoms with Crippen LogP contribution in [0, 0.1) is 6.92 Å². The topological polar surface area (TPSA) is 47.0 Å². The maximum atomic E-state index is 5.30. The van der Waals surface area contributed by atoms with E-state index in [1.165, 1.54) is 0 Å². The minimum Gasteiger partial charge on any atom is -0.497 e.